The lowest BCUT2D eigenvalue weighted by Crippen LogP contribution is -2.30. The summed E-state index contributed by atoms with van der Waals surface area (Å²) in [6, 6.07) is 2.19. The zero-order valence-corrected chi connectivity index (χ0v) is 25.4. The topological polar surface area (TPSA) is 82.1 Å². The third kappa shape index (κ3) is 7.45. The van der Waals surface area contributed by atoms with Crippen LogP contribution in [-0.2, 0) is 6.42 Å². The lowest BCUT2D eigenvalue weighted by Gasteiger charge is -2.28. The van der Waals surface area contributed by atoms with Gasteiger partial charge >= 0.3 is 0 Å². The van der Waals surface area contributed by atoms with Gasteiger partial charge in [0.1, 0.15) is 5.82 Å². The van der Waals surface area contributed by atoms with Gasteiger partial charge in [-0.25, -0.2) is 15.0 Å². The van der Waals surface area contributed by atoms with Gasteiger partial charge in [-0.15, -0.1) is 0 Å². The number of likely N-dealkylation sites (tertiary alicyclic amines) is 1. The Bertz CT molecular complexity index is 1360. The van der Waals surface area contributed by atoms with Crippen LogP contribution in [0.2, 0.25) is 0 Å². The standard InChI is InChI=1S/C33H47N7/c1-8-11-23(4)37-25(6)28(9-2)32-38-30-18-22(3)29(24(5)31(30)39-32)19-27-20-35-33(36-21-27)34-15-10-12-26-13-16-40(7)17-14-26/h9,18,20-21,26H,2,8,10-17,19H2,1,3-7H3,(H,38,39)(H,34,35,36)/b28-25+,37-23?. The van der Waals surface area contributed by atoms with Crippen LogP contribution in [-0.4, -0.2) is 57.2 Å². The zero-order valence-electron chi connectivity index (χ0n) is 25.4. The molecule has 3 heterocycles. The highest BCUT2D eigenvalue weighted by Crippen LogP contribution is 2.29. The van der Waals surface area contributed by atoms with Gasteiger partial charge in [-0.3, -0.25) is 4.99 Å². The SMILES string of the molecule is C=C/C(=C(/C)N=C(C)CCC)c1nc2c(C)c(Cc3cnc(NCCCC4CCN(C)CC4)nc3)c(C)cc2[nH]1. The van der Waals surface area contributed by atoms with Gasteiger partial charge in [0.05, 0.1) is 11.0 Å². The molecule has 1 aliphatic heterocycles. The number of aromatic amines is 1. The number of piperidine rings is 1. The molecule has 1 saturated heterocycles. The van der Waals surface area contributed by atoms with Crippen LogP contribution >= 0.6 is 0 Å². The van der Waals surface area contributed by atoms with Crippen molar-refractivity contribution < 1.29 is 0 Å². The van der Waals surface area contributed by atoms with E-state index in [2.05, 4.69) is 72.6 Å². The molecule has 2 N–H and O–H groups in total. The Morgan fingerprint density at radius 2 is 1.93 bits per heavy atom. The smallest absolute Gasteiger partial charge is 0.222 e. The van der Waals surface area contributed by atoms with E-state index in [9.17, 15) is 0 Å². The van der Waals surface area contributed by atoms with Crippen molar-refractivity contribution in [3.63, 3.8) is 0 Å². The largest absolute Gasteiger partial charge is 0.354 e. The molecule has 7 nitrogen and oxygen atoms in total. The van der Waals surface area contributed by atoms with Gasteiger partial charge in [0, 0.05) is 42.3 Å². The molecular weight excluding hydrogens is 494 g/mol. The number of anilines is 1. The second-order valence-electron chi connectivity index (χ2n) is 11.5. The summed E-state index contributed by atoms with van der Waals surface area (Å²) < 4.78 is 0. The Kier molecular flexibility index (Phi) is 10.3. The summed E-state index contributed by atoms with van der Waals surface area (Å²) in [5.41, 5.74) is 9.80. The third-order valence-electron chi connectivity index (χ3n) is 8.19. The molecular formula is C33H47N7. The van der Waals surface area contributed by atoms with Crippen LogP contribution in [0, 0.1) is 19.8 Å². The lowest BCUT2D eigenvalue weighted by atomic mass is 9.92. The summed E-state index contributed by atoms with van der Waals surface area (Å²) in [4.78, 5) is 25.0. The first-order valence-electron chi connectivity index (χ1n) is 14.9. The number of aromatic nitrogens is 4. The van der Waals surface area contributed by atoms with E-state index < -0.39 is 0 Å². The number of fused-ring (bicyclic) bond motifs is 1. The van der Waals surface area contributed by atoms with E-state index in [4.69, 9.17) is 9.98 Å². The zero-order chi connectivity index (χ0) is 28.6. The summed E-state index contributed by atoms with van der Waals surface area (Å²) in [5.74, 6) is 2.39. The van der Waals surface area contributed by atoms with Crippen molar-refractivity contribution in [2.45, 2.75) is 79.6 Å². The maximum absolute atomic E-state index is 5.00. The minimum Gasteiger partial charge on any atom is -0.354 e. The fraction of sp³-hybridized carbons (Fsp3) is 0.515. The summed E-state index contributed by atoms with van der Waals surface area (Å²) in [7, 11) is 2.22. The Morgan fingerprint density at radius 1 is 1.20 bits per heavy atom. The van der Waals surface area contributed by atoms with Gasteiger partial charge in [-0.1, -0.05) is 26.0 Å². The molecule has 3 aromatic rings. The molecule has 1 fully saturated rings. The van der Waals surface area contributed by atoms with Crippen LogP contribution in [0.25, 0.3) is 16.6 Å². The Labute approximate surface area is 240 Å². The quantitative estimate of drug-likeness (QED) is 0.143. The fourth-order valence-corrected chi connectivity index (χ4v) is 5.78. The number of hydrogen-bond acceptors (Lipinski definition) is 6. The first-order chi connectivity index (χ1) is 19.3. The number of nitrogens with one attached hydrogen (secondary N) is 2. The highest BCUT2D eigenvalue weighted by molar-refractivity contribution is 5.87. The summed E-state index contributed by atoms with van der Waals surface area (Å²) >= 11 is 0. The molecule has 0 atom stereocenters. The van der Waals surface area contributed by atoms with Crippen molar-refractivity contribution >= 4 is 28.3 Å². The van der Waals surface area contributed by atoms with E-state index >= 15 is 0 Å². The second-order valence-corrected chi connectivity index (χ2v) is 11.5. The third-order valence-corrected chi connectivity index (χ3v) is 8.19. The van der Waals surface area contributed by atoms with Crippen LogP contribution in [0.5, 0.6) is 0 Å². The second kappa shape index (κ2) is 13.8. The molecule has 0 spiro atoms. The monoisotopic (exact) mass is 541 g/mol. The first-order valence-corrected chi connectivity index (χ1v) is 14.9. The first kappa shape index (κ1) is 29.7. The molecule has 2 aromatic heterocycles. The maximum Gasteiger partial charge on any atom is 0.222 e. The van der Waals surface area contributed by atoms with Crippen LogP contribution in [0.3, 0.4) is 0 Å². The summed E-state index contributed by atoms with van der Waals surface area (Å²) in [6.45, 7) is 18.0. The average molecular weight is 542 g/mol. The Morgan fingerprint density at radius 3 is 2.60 bits per heavy atom. The molecule has 0 aliphatic carbocycles. The number of nitrogens with zero attached hydrogens (tertiary/aromatic N) is 5. The maximum atomic E-state index is 5.00. The summed E-state index contributed by atoms with van der Waals surface area (Å²) in [6.07, 6.45) is 13.7. The lowest BCUT2D eigenvalue weighted by molar-refractivity contribution is 0.211. The minimum absolute atomic E-state index is 0.712. The van der Waals surface area contributed by atoms with Crippen LogP contribution < -0.4 is 5.32 Å². The minimum atomic E-state index is 0.712. The Hall–Kier alpha value is -3.32. The van der Waals surface area contributed by atoms with Crippen LogP contribution in [0.1, 0.15) is 87.4 Å². The number of hydrogen-bond donors (Lipinski definition) is 2. The molecule has 0 unspecified atom stereocenters. The van der Waals surface area contributed by atoms with E-state index in [1.54, 1.807) is 0 Å². The van der Waals surface area contributed by atoms with E-state index in [0.717, 1.165) is 77.5 Å². The van der Waals surface area contributed by atoms with Crippen molar-refractivity contribution in [3.8, 4) is 0 Å². The molecule has 4 rings (SSSR count). The van der Waals surface area contributed by atoms with Gasteiger partial charge in [0.25, 0.3) is 0 Å². The van der Waals surface area contributed by atoms with Gasteiger partial charge < -0.3 is 15.2 Å². The molecule has 0 amide bonds. The number of benzene rings is 1. The van der Waals surface area contributed by atoms with Crippen molar-refractivity contribution in [3.05, 3.63) is 64.9 Å². The number of aryl methyl sites for hydroxylation is 2. The highest BCUT2D eigenvalue weighted by atomic mass is 15.1. The Balaban J connectivity index is 1.43. The van der Waals surface area contributed by atoms with Crippen LogP contribution in [0.15, 0.2) is 41.8 Å². The average Bonchev–Trinajstić information content (AvgIpc) is 3.35. The number of aliphatic imine (C=N–C) groups is 1. The van der Waals surface area contributed by atoms with Crippen LogP contribution in [0.4, 0.5) is 5.95 Å². The molecule has 0 bridgehead atoms. The molecule has 0 saturated carbocycles. The molecule has 1 aliphatic rings. The van der Waals surface area contributed by atoms with Gasteiger partial charge in [-0.05, 0) is 114 Å². The van der Waals surface area contributed by atoms with E-state index in [1.807, 2.05) is 25.4 Å². The van der Waals surface area contributed by atoms with Crippen molar-refractivity contribution in [2.24, 2.45) is 10.9 Å². The fourth-order valence-electron chi connectivity index (χ4n) is 5.78. The predicted molar refractivity (Wildman–Crippen MR) is 169 cm³/mol. The van der Waals surface area contributed by atoms with Gasteiger partial charge in [0.15, 0.2) is 0 Å². The predicted octanol–water partition coefficient (Wildman–Crippen LogP) is 7.27. The van der Waals surface area contributed by atoms with Crippen molar-refractivity contribution in [2.75, 3.05) is 32.0 Å². The summed E-state index contributed by atoms with van der Waals surface area (Å²) in [5, 5.41) is 3.41. The van der Waals surface area contributed by atoms with Crippen molar-refractivity contribution in [1.29, 1.82) is 0 Å². The van der Waals surface area contributed by atoms with E-state index in [1.165, 1.54) is 49.0 Å². The number of H-pyrrole nitrogens is 1. The number of rotatable bonds is 12. The molecule has 1 aromatic carbocycles. The van der Waals surface area contributed by atoms with Crippen molar-refractivity contribution in [1.82, 2.24) is 24.8 Å². The normalized spacial score (nSPS) is 15.9. The molecule has 0 radical (unpaired) electrons. The van der Waals surface area contributed by atoms with Gasteiger partial charge in [-0.2, -0.15) is 0 Å². The number of imidazole rings is 1. The highest BCUT2D eigenvalue weighted by Gasteiger charge is 2.17. The molecule has 40 heavy (non-hydrogen) atoms. The molecule has 7 heteroatoms. The van der Waals surface area contributed by atoms with E-state index in [0.29, 0.717) is 5.95 Å². The molecule has 214 valence electrons. The number of allylic oxidation sites excluding steroid dienone is 3. The van der Waals surface area contributed by atoms with E-state index in [-0.39, 0.29) is 0 Å². The van der Waals surface area contributed by atoms with Gasteiger partial charge in [0.2, 0.25) is 5.95 Å².